The van der Waals surface area contributed by atoms with Gasteiger partial charge in [0.1, 0.15) is 11.9 Å². The molecule has 0 bridgehead atoms. The molecule has 3 N–H and O–H groups in total. The van der Waals surface area contributed by atoms with Crippen LogP contribution in [0, 0.1) is 0 Å². The van der Waals surface area contributed by atoms with Gasteiger partial charge in [0.25, 0.3) is 0 Å². The smallest absolute Gasteiger partial charge is 0.416 e. The Morgan fingerprint density at radius 2 is 1.95 bits per heavy atom. The van der Waals surface area contributed by atoms with E-state index < -0.39 is 11.7 Å². The molecule has 2 aromatic carbocycles. The molecule has 0 spiro atoms. The second-order valence-corrected chi connectivity index (χ2v) is 5.18. The van der Waals surface area contributed by atoms with E-state index in [4.69, 9.17) is 10.5 Å². The van der Waals surface area contributed by atoms with Crippen LogP contribution in [0.15, 0.2) is 42.5 Å². The topological polar surface area (TPSA) is 47.3 Å². The molecule has 0 radical (unpaired) electrons. The van der Waals surface area contributed by atoms with Crippen LogP contribution >= 0.6 is 0 Å². The SMILES string of the molecule is NCC1Cc2cccc(Nc3cccc(C(F)(F)F)c3)c2O1. The number of anilines is 2. The molecule has 116 valence electrons. The number of fused-ring (bicyclic) bond motifs is 1. The first-order chi connectivity index (χ1) is 10.5. The number of alkyl halides is 3. The van der Waals surface area contributed by atoms with Gasteiger partial charge in [-0.2, -0.15) is 13.2 Å². The lowest BCUT2D eigenvalue weighted by atomic mass is 10.1. The Balaban J connectivity index is 1.88. The van der Waals surface area contributed by atoms with E-state index in [0.717, 1.165) is 17.7 Å². The van der Waals surface area contributed by atoms with Gasteiger partial charge >= 0.3 is 6.18 Å². The van der Waals surface area contributed by atoms with E-state index in [1.165, 1.54) is 6.07 Å². The van der Waals surface area contributed by atoms with Crippen molar-refractivity contribution in [1.82, 2.24) is 0 Å². The molecule has 0 aliphatic carbocycles. The zero-order valence-electron chi connectivity index (χ0n) is 11.7. The summed E-state index contributed by atoms with van der Waals surface area (Å²) in [6.45, 7) is 0.400. The van der Waals surface area contributed by atoms with Gasteiger partial charge in [-0.05, 0) is 24.3 Å². The summed E-state index contributed by atoms with van der Waals surface area (Å²) in [6.07, 6.45) is -3.74. The van der Waals surface area contributed by atoms with Gasteiger partial charge in [-0.1, -0.05) is 18.2 Å². The van der Waals surface area contributed by atoms with Gasteiger partial charge in [0.2, 0.25) is 0 Å². The average Bonchev–Trinajstić information content (AvgIpc) is 2.91. The van der Waals surface area contributed by atoms with Crippen LogP contribution in [-0.2, 0) is 12.6 Å². The van der Waals surface area contributed by atoms with Gasteiger partial charge in [0, 0.05) is 24.2 Å². The number of hydrogen-bond donors (Lipinski definition) is 2. The molecule has 0 saturated carbocycles. The Morgan fingerprint density at radius 1 is 1.18 bits per heavy atom. The molecule has 0 saturated heterocycles. The predicted octanol–water partition coefficient (Wildman–Crippen LogP) is 3.71. The molecule has 0 aromatic heterocycles. The van der Waals surface area contributed by atoms with Crippen molar-refractivity contribution >= 4 is 11.4 Å². The van der Waals surface area contributed by atoms with Gasteiger partial charge in [-0.25, -0.2) is 0 Å². The minimum absolute atomic E-state index is 0.0838. The van der Waals surface area contributed by atoms with Gasteiger partial charge in [0.15, 0.2) is 0 Å². The van der Waals surface area contributed by atoms with Crippen molar-refractivity contribution in [2.45, 2.75) is 18.7 Å². The van der Waals surface area contributed by atoms with E-state index in [0.29, 0.717) is 30.1 Å². The molecule has 0 fully saturated rings. The van der Waals surface area contributed by atoms with Crippen LogP contribution in [0.3, 0.4) is 0 Å². The Kier molecular flexibility index (Phi) is 3.70. The summed E-state index contributed by atoms with van der Waals surface area (Å²) < 4.78 is 44.0. The quantitative estimate of drug-likeness (QED) is 0.908. The van der Waals surface area contributed by atoms with E-state index in [9.17, 15) is 13.2 Å². The molecule has 1 aliphatic rings. The Bertz CT molecular complexity index is 685. The predicted molar refractivity (Wildman–Crippen MR) is 78.3 cm³/mol. The van der Waals surface area contributed by atoms with Crippen molar-refractivity contribution in [3.8, 4) is 5.75 Å². The van der Waals surface area contributed by atoms with Crippen molar-refractivity contribution in [1.29, 1.82) is 0 Å². The fourth-order valence-corrected chi connectivity index (χ4v) is 2.50. The van der Waals surface area contributed by atoms with Crippen molar-refractivity contribution in [2.24, 2.45) is 5.73 Å². The zero-order valence-corrected chi connectivity index (χ0v) is 11.7. The summed E-state index contributed by atoms with van der Waals surface area (Å²) in [6, 6.07) is 10.6. The lowest BCUT2D eigenvalue weighted by Crippen LogP contribution is -2.24. The van der Waals surface area contributed by atoms with Crippen LogP contribution in [0.2, 0.25) is 0 Å². The highest BCUT2D eigenvalue weighted by atomic mass is 19.4. The van der Waals surface area contributed by atoms with Gasteiger partial charge in [-0.15, -0.1) is 0 Å². The molecule has 0 amide bonds. The summed E-state index contributed by atoms with van der Waals surface area (Å²) in [5.41, 5.74) is 6.94. The third kappa shape index (κ3) is 2.87. The molecule has 2 aromatic rings. The highest BCUT2D eigenvalue weighted by molar-refractivity contribution is 5.69. The van der Waals surface area contributed by atoms with Crippen LogP contribution in [0.4, 0.5) is 24.5 Å². The second-order valence-electron chi connectivity index (χ2n) is 5.18. The van der Waals surface area contributed by atoms with Crippen LogP contribution < -0.4 is 15.8 Å². The van der Waals surface area contributed by atoms with Gasteiger partial charge in [0.05, 0.1) is 11.3 Å². The third-order valence-corrected chi connectivity index (χ3v) is 3.56. The standard InChI is InChI=1S/C16H15F3N2O/c17-16(18,19)11-4-2-5-12(8-11)21-14-6-1-3-10-7-13(9-20)22-15(10)14/h1-6,8,13,21H,7,9,20H2. The van der Waals surface area contributed by atoms with Crippen molar-refractivity contribution in [2.75, 3.05) is 11.9 Å². The number of hydrogen-bond acceptors (Lipinski definition) is 3. The molecule has 6 heteroatoms. The number of nitrogens with one attached hydrogen (secondary N) is 1. The van der Waals surface area contributed by atoms with E-state index in [1.54, 1.807) is 12.1 Å². The molecule has 1 atom stereocenters. The first-order valence-electron chi connectivity index (χ1n) is 6.90. The first kappa shape index (κ1) is 14.7. The highest BCUT2D eigenvalue weighted by Gasteiger charge is 2.30. The first-order valence-corrected chi connectivity index (χ1v) is 6.90. The van der Waals surface area contributed by atoms with Crippen LogP contribution in [0.25, 0.3) is 0 Å². The van der Waals surface area contributed by atoms with Crippen LogP contribution in [-0.4, -0.2) is 12.6 Å². The minimum atomic E-state index is -4.36. The maximum absolute atomic E-state index is 12.8. The maximum Gasteiger partial charge on any atom is 0.416 e. The summed E-state index contributed by atoms with van der Waals surface area (Å²) in [4.78, 5) is 0. The van der Waals surface area contributed by atoms with E-state index in [-0.39, 0.29) is 6.10 Å². The molecule has 3 nitrogen and oxygen atoms in total. The van der Waals surface area contributed by atoms with E-state index in [1.807, 2.05) is 12.1 Å². The van der Waals surface area contributed by atoms with Crippen molar-refractivity contribution in [3.63, 3.8) is 0 Å². The van der Waals surface area contributed by atoms with Crippen molar-refractivity contribution < 1.29 is 17.9 Å². The molecular weight excluding hydrogens is 293 g/mol. The summed E-state index contributed by atoms with van der Waals surface area (Å²) >= 11 is 0. The Labute approximate surface area is 125 Å². The van der Waals surface area contributed by atoms with Gasteiger partial charge in [-0.3, -0.25) is 0 Å². The monoisotopic (exact) mass is 308 g/mol. The molecule has 1 heterocycles. The maximum atomic E-state index is 12.8. The van der Waals surface area contributed by atoms with Crippen LogP contribution in [0.5, 0.6) is 5.75 Å². The number of nitrogens with two attached hydrogens (primary N) is 1. The second kappa shape index (κ2) is 5.53. The lowest BCUT2D eigenvalue weighted by molar-refractivity contribution is -0.137. The van der Waals surface area contributed by atoms with E-state index >= 15 is 0 Å². The zero-order chi connectivity index (χ0) is 15.7. The van der Waals surface area contributed by atoms with Crippen LogP contribution in [0.1, 0.15) is 11.1 Å². The number of benzene rings is 2. The largest absolute Gasteiger partial charge is 0.486 e. The molecule has 3 rings (SSSR count). The summed E-state index contributed by atoms with van der Waals surface area (Å²) in [5.74, 6) is 0.662. The summed E-state index contributed by atoms with van der Waals surface area (Å²) in [7, 11) is 0. The molecule has 1 unspecified atom stereocenters. The molecule has 1 aliphatic heterocycles. The fraction of sp³-hybridized carbons (Fsp3) is 0.250. The number of halogens is 3. The third-order valence-electron chi connectivity index (χ3n) is 3.56. The molecule has 22 heavy (non-hydrogen) atoms. The highest BCUT2D eigenvalue weighted by Crippen LogP contribution is 2.38. The lowest BCUT2D eigenvalue weighted by Gasteiger charge is -2.14. The molecular formula is C16H15F3N2O. The normalized spacial score (nSPS) is 17.0. The Hall–Kier alpha value is -2.21. The summed E-state index contributed by atoms with van der Waals surface area (Å²) in [5, 5.41) is 3.00. The van der Waals surface area contributed by atoms with Crippen molar-refractivity contribution in [3.05, 3.63) is 53.6 Å². The minimum Gasteiger partial charge on any atom is -0.486 e. The number of rotatable bonds is 3. The van der Waals surface area contributed by atoms with Gasteiger partial charge < -0.3 is 15.8 Å². The average molecular weight is 308 g/mol. The fourth-order valence-electron chi connectivity index (χ4n) is 2.50. The number of para-hydroxylation sites is 1. The number of ether oxygens (including phenoxy) is 1. The Morgan fingerprint density at radius 3 is 2.68 bits per heavy atom. The van der Waals surface area contributed by atoms with E-state index in [2.05, 4.69) is 5.32 Å².